The van der Waals surface area contributed by atoms with E-state index in [1.54, 1.807) is 0 Å². The lowest BCUT2D eigenvalue weighted by molar-refractivity contribution is 0.0954. The highest BCUT2D eigenvalue weighted by atomic mass is 19.1. The number of carbonyl (C=O) groups excluding carboxylic acids is 1. The van der Waals surface area contributed by atoms with Gasteiger partial charge in [-0.25, -0.2) is 14.6 Å². The Morgan fingerprint density at radius 3 is 2.38 bits per heavy atom. The molecule has 7 nitrogen and oxygen atoms in total. The van der Waals surface area contributed by atoms with Gasteiger partial charge in [-0.2, -0.15) is 0 Å². The van der Waals surface area contributed by atoms with Gasteiger partial charge in [-0.05, 0) is 6.07 Å². The van der Waals surface area contributed by atoms with Crippen LogP contribution in [0.4, 0.5) is 20.2 Å². The minimum absolute atomic E-state index is 0.00820. The minimum Gasteiger partial charge on any atom is -0.491 e. The Morgan fingerprint density at radius 2 is 1.79 bits per heavy atom. The molecule has 0 unspecified atom stereocenters. The molecule has 1 amide bonds. The first-order valence-corrected chi connectivity index (χ1v) is 6.78. The van der Waals surface area contributed by atoms with Gasteiger partial charge in [0.25, 0.3) is 5.91 Å². The Bertz CT molecular complexity index is 791. The van der Waals surface area contributed by atoms with Crippen LogP contribution in [0.1, 0.15) is 10.4 Å². The highest BCUT2D eigenvalue weighted by Crippen LogP contribution is 2.38. The Hall–Kier alpha value is -3.07. The number of fused-ring (bicyclic) bond motifs is 1. The number of hydrogen-bond acceptors (Lipinski definition) is 6. The van der Waals surface area contributed by atoms with Crippen molar-refractivity contribution in [1.29, 1.82) is 0 Å². The molecule has 1 aliphatic rings. The van der Waals surface area contributed by atoms with Crippen LogP contribution in [-0.4, -0.2) is 19.8 Å². The molecule has 2 aromatic rings. The van der Waals surface area contributed by atoms with Crippen LogP contribution in [0.25, 0.3) is 0 Å². The smallest absolute Gasteiger partial charge is 0.267 e. The number of hydrogen-bond donors (Lipinski definition) is 3. The first kappa shape index (κ1) is 15.8. The molecule has 0 atom stereocenters. The fourth-order valence-electron chi connectivity index (χ4n) is 2.29. The summed E-state index contributed by atoms with van der Waals surface area (Å²) in [5.74, 6) is 3.05. The zero-order valence-corrected chi connectivity index (χ0v) is 12.5. The van der Waals surface area contributed by atoms with Gasteiger partial charge in [-0.1, -0.05) is 0 Å². The van der Waals surface area contributed by atoms with Crippen molar-refractivity contribution in [3.8, 4) is 17.2 Å². The van der Waals surface area contributed by atoms with E-state index in [1.807, 2.05) is 5.43 Å². The van der Waals surface area contributed by atoms with Gasteiger partial charge >= 0.3 is 0 Å². The summed E-state index contributed by atoms with van der Waals surface area (Å²) in [6.45, 7) is 0.00820. The molecule has 0 bridgehead atoms. The van der Waals surface area contributed by atoms with Crippen molar-refractivity contribution < 1.29 is 27.8 Å². The number of ether oxygens (including phenoxy) is 3. The quantitative estimate of drug-likeness (QED) is 0.449. The van der Waals surface area contributed by atoms with Gasteiger partial charge in [0.2, 0.25) is 6.79 Å². The molecule has 0 aromatic heterocycles. The SMILES string of the molecule is COc1c(F)cc(Nc2cc3c(cc2C(=O)NN)OCO3)cc1F. The Morgan fingerprint density at radius 1 is 1.17 bits per heavy atom. The average molecular weight is 337 g/mol. The average Bonchev–Trinajstić information content (AvgIpc) is 3.00. The number of nitrogens with one attached hydrogen (secondary N) is 2. The van der Waals surface area contributed by atoms with Crippen molar-refractivity contribution in [2.75, 3.05) is 19.2 Å². The minimum atomic E-state index is -0.884. The molecular weight excluding hydrogens is 324 g/mol. The van der Waals surface area contributed by atoms with Crippen LogP contribution < -0.4 is 30.8 Å². The van der Waals surface area contributed by atoms with Crippen molar-refractivity contribution in [3.05, 3.63) is 41.5 Å². The maximum atomic E-state index is 13.8. The highest BCUT2D eigenvalue weighted by Gasteiger charge is 2.21. The van der Waals surface area contributed by atoms with Crippen LogP contribution in [0, 0.1) is 11.6 Å². The van der Waals surface area contributed by atoms with Gasteiger partial charge in [0, 0.05) is 23.9 Å². The van der Waals surface area contributed by atoms with Gasteiger partial charge < -0.3 is 19.5 Å². The molecule has 0 aliphatic carbocycles. The largest absolute Gasteiger partial charge is 0.491 e. The monoisotopic (exact) mass is 337 g/mol. The number of benzene rings is 2. The second-order valence-electron chi connectivity index (χ2n) is 4.82. The third kappa shape index (κ3) is 2.76. The third-order valence-corrected chi connectivity index (χ3v) is 3.37. The van der Waals surface area contributed by atoms with Crippen LogP contribution in [0.15, 0.2) is 24.3 Å². The molecule has 9 heteroatoms. The molecule has 24 heavy (non-hydrogen) atoms. The van der Waals surface area contributed by atoms with Gasteiger partial charge in [0.15, 0.2) is 28.9 Å². The summed E-state index contributed by atoms with van der Waals surface area (Å²) in [6, 6.07) is 4.98. The number of methoxy groups -OCH3 is 1. The zero-order chi connectivity index (χ0) is 17.3. The molecule has 126 valence electrons. The van der Waals surface area contributed by atoms with Crippen LogP contribution >= 0.6 is 0 Å². The van der Waals surface area contributed by atoms with Gasteiger partial charge in [-0.3, -0.25) is 10.2 Å². The highest BCUT2D eigenvalue weighted by molar-refractivity contribution is 6.01. The molecule has 3 rings (SSSR count). The fourth-order valence-corrected chi connectivity index (χ4v) is 2.29. The van der Waals surface area contributed by atoms with Gasteiger partial charge in [0.1, 0.15) is 0 Å². The maximum absolute atomic E-state index is 13.8. The number of anilines is 2. The Balaban J connectivity index is 2.02. The molecule has 0 radical (unpaired) electrons. The standard InChI is InChI=1S/C15H13F2N3O4/c1-22-14-9(16)2-7(3-10(14)17)19-11-5-13-12(23-6-24-13)4-8(11)15(21)20-18/h2-5,19H,6,18H2,1H3,(H,20,21). The molecule has 0 saturated heterocycles. The molecule has 0 fully saturated rings. The van der Waals surface area contributed by atoms with Crippen molar-refractivity contribution in [3.63, 3.8) is 0 Å². The number of hydrazine groups is 1. The van der Waals surface area contributed by atoms with Gasteiger partial charge in [-0.15, -0.1) is 0 Å². The van der Waals surface area contributed by atoms with Gasteiger partial charge in [0.05, 0.1) is 18.4 Å². The van der Waals surface area contributed by atoms with E-state index in [0.717, 1.165) is 19.2 Å². The normalized spacial score (nSPS) is 12.0. The molecular formula is C15H13F2N3O4. The van der Waals surface area contributed by atoms with E-state index >= 15 is 0 Å². The van der Waals surface area contributed by atoms with Crippen LogP contribution in [0.2, 0.25) is 0 Å². The lowest BCUT2D eigenvalue weighted by atomic mass is 10.1. The molecule has 4 N–H and O–H groups in total. The number of halogens is 2. The van der Waals surface area contributed by atoms with E-state index in [1.165, 1.54) is 12.1 Å². The third-order valence-electron chi connectivity index (χ3n) is 3.37. The summed E-state index contributed by atoms with van der Waals surface area (Å²) < 4.78 is 42.7. The van der Waals surface area contributed by atoms with Crippen LogP contribution in [0.3, 0.4) is 0 Å². The van der Waals surface area contributed by atoms with E-state index in [4.69, 9.17) is 15.3 Å². The molecule has 0 saturated carbocycles. The number of nitrogens with two attached hydrogens (primary N) is 1. The first-order valence-electron chi connectivity index (χ1n) is 6.78. The zero-order valence-electron chi connectivity index (χ0n) is 12.5. The van der Waals surface area contributed by atoms with Crippen LogP contribution in [-0.2, 0) is 0 Å². The van der Waals surface area contributed by atoms with Crippen LogP contribution in [0.5, 0.6) is 17.2 Å². The summed E-state index contributed by atoms with van der Waals surface area (Å²) in [6.07, 6.45) is 0. The van der Waals surface area contributed by atoms with E-state index in [0.29, 0.717) is 11.5 Å². The molecule has 1 heterocycles. The number of nitrogen functional groups attached to an aromatic ring is 1. The molecule has 1 aliphatic heterocycles. The Kier molecular flexibility index (Phi) is 4.09. The Labute approximate surface area is 135 Å². The van der Waals surface area contributed by atoms with Crippen molar-refractivity contribution in [1.82, 2.24) is 5.43 Å². The van der Waals surface area contributed by atoms with Crippen molar-refractivity contribution in [2.24, 2.45) is 5.84 Å². The van der Waals surface area contributed by atoms with E-state index in [-0.39, 0.29) is 23.7 Å². The molecule has 2 aromatic carbocycles. The van der Waals surface area contributed by atoms with E-state index in [2.05, 4.69) is 10.1 Å². The van der Waals surface area contributed by atoms with Crippen molar-refractivity contribution >= 4 is 17.3 Å². The predicted octanol–water partition coefficient (Wildman–Crippen LogP) is 2.05. The second kappa shape index (κ2) is 6.20. The van der Waals surface area contributed by atoms with E-state index < -0.39 is 23.3 Å². The van der Waals surface area contributed by atoms with E-state index in [9.17, 15) is 13.6 Å². The second-order valence-corrected chi connectivity index (χ2v) is 4.82. The summed E-state index contributed by atoms with van der Waals surface area (Å²) in [4.78, 5) is 11.9. The first-order chi connectivity index (χ1) is 11.5. The summed E-state index contributed by atoms with van der Waals surface area (Å²) in [5, 5.41) is 2.76. The summed E-state index contributed by atoms with van der Waals surface area (Å²) in [7, 11) is 1.16. The molecule has 0 spiro atoms. The number of amides is 1. The van der Waals surface area contributed by atoms with Crippen molar-refractivity contribution in [2.45, 2.75) is 0 Å². The fraction of sp³-hybridized carbons (Fsp3) is 0.133. The predicted molar refractivity (Wildman–Crippen MR) is 80.4 cm³/mol. The summed E-state index contributed by atoms with van der Waals surface area (Å²) in [5.41, 5.74) is 2.44. The number of rotatable bonds is 4. The lowest BCUT2D eigenvalue weighted by Crippen LogP contribution is -2.30. The maximum Gasteiger partial charge on any atom is 0.267 e. The topological polar surface area (TPSA) is 94.8 Å². The number of carbonyl (C=O) groups is 1. The summed E-state index contributed by atoms with van der Waals surface area (Å²) >= 11 is 0. The lowest BCUT2D eigenvalue weighted by Gasteiger charge is -2.13.